The largest absolute Gasteiger partial charge is 0.467 e. The van der Waals surface area contributed by atoms with Crippen molar-refractivity contribution >= 4 is 34.1 Å². The van der Waals surface area contributed by atoms with Crippen LogP contribution in [-0.4, -0.2) is 88.6 Å². The van der Waals surface area contributed by atoms with Crippen molar-refractivity contribution in [2.24, 2.45) is 0 Å². The van der Waals surface area contributed by atoms with Gasteiger partial charge in [0, 0.05) is 54.3 Å². The van der Waals surface area contributed by atoms with Crippen LogP contribution in [0.5, 0.6) is 6.01 Å². The third-order valence-corrected chi connectivity index (χ3v) is 10.1. The normalized spacial score (nSPS) is 21.3. The van der Waals surface area contributed by atoms with Gasteiger partial charge in [-0.05, 0) is 50.3 Å². The van der Waals surface area contributed by atoms with Crippen molar-refractivity contribution in [1.82, 2.24) is 24.8 Å². The summed E-state index contributed by atoms with van der Waals surface area (Å²) < 4.78 is 32.3. The van der Waals surface area contributed by atoms with Crippen LogP contribution < -0.4 is 26.0 Å². The third kappa shape index (κ3) is 5.57. The molecule has 7 rings (SSSR count). The summed E-state index contributed by atoms with van der Waals surface area (Å²) in [5.41, 5.74) is 13.6. The van der Waals surface area contributed by atoms with Gasteiger partial charge < -0.3 is 31.1 Å². The molecule has 0 bridgehead atoms. The van der Waals surface area contributed by atoms with Gasteiger partial charge in [-0.15, -0.1) is 11.3 Å². The van der Waals surface area contributed by atoms with Crippen LogP contribution in [-0.2, 0) is 18.4 Å². The van der Waals surface area contributed by atoms with E-state index in [1.165, 1.54) is 48.4 Å². The monoisotopic (exact) mass is 626 g/mol. The second-order valence-electron chi connectivity index (χ2n) is 11.7. The Hall–Kier alpha value is -3.87. The van der Waals surface area contributed by atoms with E-state index in [1.807, 2.05) is 4.90 Å². The first-order chi connectivity index (χ1) is 21.2. The number of nitrogen functional groups attached to an aromatic ring is 2. The molecule has 3 fully saturated rings. The van der Waals surface area contributed by atoms with Gasteiger partial charge in [0.25, 0.3) is 0 Å². The number of aliphatic hydroxyl groups is 1. The fraction of sp³-hybridized carbons (Fsp3) is 0.552. The minimum absolute atomic E-state index is 0.00564. The first-order valence-corrected chi connectivity index (χ1v) is 15.6. The van der Waals surface area contributed by atoms with E-state index in [-0.39, 0.29) is 48.5 Å². The van der Waals surface area contributed by atoms with Gasteiger partial charge in [-0.25, -0.2) is 13.8 Å². The molecule has 2 atom stereocenters. The van der Waals surface area contributed by atoms with E-state index in [0.29, 0.717) is 42.2 Å². The zero-order chi connectivity index (χ0) is 31.0. The van der Waals surface area contributed by atoms with E-state index < -0.39 is 12.0 Å². The molecule has 1 aliphatic carbocycles. The summed E-state index contributed by atoms with van der Waals surface area (Å²) in [4.78, 5) is 24.3. The number of aliphatic hydroxyl groups excluding tert-OH is 1. The molecular formula is C29H36F2N10O2S. The summed E-state index contributed by atoms with van der Waals surface area (Å²) in [6, 6.07) is 4.20. The van der Waals surface area contributed by atoms with Crippen molar-refractivity contribution in [3.63, 3.8) is 0 Å². The van der Waals surface area contributed by atoms with Crippen LogP contribution in [0.2, 0.25) is 0 Å². The highest BCUT2D eigenvalue weighted by Gasteiger charge is 2.52. The number of hydrogen-bond donors (Lipinski definition) is 3. The van der Waals surface area contributed by atoms with E-state index >= 15 is 0 Å². The van der Waals surface area contributed by atoms with Crippen molar-refractivity contribution in [1.29, 1.82) is 5.26 Å². The molecule has 6 heterocycles. The van der Waals surface area contributed by atoms with Crippen LogP contribution in [0.3, 0.4) is 0 Å². The van der Waals surface area contributed by atoms with Crippen LogP contribution >= 0.6 is 11.3 Å². The summed E-state index contributed by atoms with van der Waals surface area (Å²) in [7, 11) is 1.45. The maximum Gasteiger partial charge on any atom is 0.322 e. The number of nitrogens with two attached hydrogens (primary N) is 2. The van der Waals surface area contributed by atoms with Crippen LogP contribution in [0.25, 0.3) is 0 Å². The van der Waals surface area contributed by atoms with Crippen LogP contribution in [0.1, 0.15) is 47.3 Å². The zero-order valence-corrected chi connectivity index (χ0v) is 25.4. The number of alkyl halides is 1. The van der Waals surface area contributed by atoms with Gasteiger partial charge in [0.15, 0.2) is 0 Å². The van der Waals surface area contributed by atoms with E-state index in [2.05, 4.69) is 30.9 Å². The molecule has 3 aromatic heterocycles. The number of anilines is 4. The number of nitriles is 1. The van der Waals surface area contributed by atoms with Crippen LogP contribution in [0, 0.1) is 17.1 Å². The Bertz CT molecular complexity index is 1530. The Balaban J connectivity index is 0.000000323. The van der Waals surface area contributed by atoms with Crippen molar-refractivity contribution in [2.75, 3.05) is 67.7 Å². The zero-order valence-electron chi connectivity index (χ0n) is 24.5. The number of aryl methyl sites for hydroxylation is 1. The van der Waals surface area contributed by atoms with Gasteiger partial charge in [-0.3, -0.25) is 4.90 Å². The summed E-state index contributed by atoms with van der Waals surface area (Å²) in [6.07, 6.45) is 5.94. The molecule has 0 radical (unpaired) electrons. The number of ether oxygens (including phenoxy) is 1. The Morgan fingerprint density at radius 3 is 2.82 bits per heavy atom. The SMILES string of the molecule is COc1nc(N(CCO)Cc2c(F)ccnc2N)nc(N2CC3(CCc4sc(N)c(C#N)c43)C2)n1.FC1CC2CCCN2C1. The number of methoxy groups -OCH3 is 1. The summed E-state index contributed by atoms with van der Waals surface area (Å²) >= 11 is 1.50. The number of aromatic nitrogens is 4. The minimum atomic E-state index is -0.518. The van der Waals surface area contributed by atoms with Crippen molar-refractivity contribution < 1.29 is 18.6 Å². The second-order valence-corrected chi connectivity index (χ2v) is 12.9. The first kappa shape index (κ1) is 30.2. The van der Waals surface area contributed by atoms with Gasteiger partial charge in [0.05, 0.1) is 25.8 Å². The average Bonchev–Trinajstić information content (AvgIpc) is 3.74. The molecule has 5 N–H and O–H groups in total. The predicted octanol–water partition coefficient (Wildman–Crippen LogP) is 2.41. The maximum atomic E-state index is 14.4. The van der Waals surface area contributed by atoms with Crippen LogP contribution in [0.15, 0.2) is 12.3 Å². The summed E-state index contributed by atoms with van der Waals surface area (Å²) in [5.74, 6) is 0.162. The molecule has 0 saturated carbocycles. The minimum Gasteiger partial charge on any atom is -0.467 e. The quantitative estimate of drug-likeness (QED) is 0.351. The standard InChI is InChI=1S/C22H24FN9O2S.C7H12FN/c1-34-21-29-19(31(6-7-33)9-13-14(23)3-5-27-17(13)25)28-20(30-21)32-10-22(11-32)4-2-15-16(22)12(8-24)18(26)35-15;8-6-4-7-2-1-3-9(7)5-6/h3,5,33H,2,4,6-7,9-11,26H2,1H3,(H2,25,27);6-7H,1-5H2. The number of pyridine rings is 1. The Morgan fingerprint density at radius 1 is 1.30 bits per heavy atom. The molecule has 1 spiro atoms. The lowest BCUT2D eigenvalue weighted by molar-refractivity contribution is 0.292. The van der Waals surface area contributed by atoms with Crippen molar-refractivity contribution in [2.45, 2.75) is 56.3 Å². The number of thiophene rings is 1. The second kappa shape index (κ2) is 12.3. The Labute approximate surface area is 258 Å². The van der Waals surface area contributed by atoms with E-state index in [4.69, 9.17) is 16.2 Å². The molecule has 0 amide bonds. The number of halogens is 2. The summed E-state index contributed by atoms with van der Waals surface area (Å²) in [5, 5.41) is 19.8. The number of hydrogen-bond acceptors (Lipinski definition) is 13. The smallest absolute Gasteiger partial charge is 0.322 e. The molecule has 3 aliphatic heterocycles. The maximum absolute atomic E-state index is 14.4. The highest BCUT2D eigenvalue weighted by atomic mass is 32.1. The lowest BCUT2D eigenvalue weighted by atomic mass is 9.74. The van der Waals surface area contributed by atoms with Gasteiger partial charge in [0.1, 0.15) is 28.9 Å². The number of nitrogens with zero attached hydrogens (tertiary/aromatic N) is 8. The van der Waals surface area contributed by atoms with E-state index in [9.17, 15) is 19.1 Å². The van der Waals surface area contributed by atoms with Crippen molar-refractivity contribution in [3.05, 3.63) is 39.6 Å². The van der Waals surface area contributed by atoms with Gasteiger partial charge in [-0.1, -0.05) is 0 Å². The lowest BCUT2D eigenvalue weighted by Gasteiger charge is -2.48. The molecule has 4 aliphatic rings. The highest BCUT2D eigenvalue weighted by molar-refractivity contribution is 7.16. The van der Waals surface area contributed by atoms with Gasteiger partial charge in [0.2, 0.25) is 11.9 Å². The van der Waals surface area contributed by atoms with E-state index in [1.54, 1.807) is 4.90 Å². The molecule has 0 aromatic carbocycles. The fourth-order valence-electron chi connectivity index (χ4n) is 6.90. The van der Waals surface area contributed by atoms with Crippen LogP contribution in [0.4, 0.5) is 31.5 Å². The molecule has 44 heavy (non-hydrogen) atoms. The number of rotatable bonds is 7. The summed E-state index contributed by atoms with van der Waals surface area (Å²) in [6.45, 7) is 3.04. The average molecular weight is 627 g/mol. The predicted molar refractivity (Wildman–Crippen MR) is 163 cm³/mol. The molecular weight excluding hydrogens is 590 g/mol. The van der Waals surface area contributed by atoms with Crippen molar-refractivity contribution in [3.8, 4) is 12.1 Å². The molecule has 15 heteroatoms. The molecule has 3 saturated heterocycles. The molecule has 3 aromatic rings. The molecule has 12 nitrogen and oxygen atoms in total. The number of fused-ring (bicyclic) bond motifs is 3. The molecule has 234 valence electrons. The Morgan fingerprint density at radius 2 is 2.11 bits per heavy atom. The lowest BCUT2D eigenvalue weighted by Crippen LogP contribution is -2.59. The third-order valence-electron chi connectivity index (χ3n) is 9.02. The highest BCUT2D eigenvalue weighted by Crippen LogP contribution is 2.52. The fourth-order valence-corrected chi connectivity index (χ4v) is 8.04. The topological polar surface area (TPSA) is 167 Å². The molecule has 2 unspecified atom stereocenters. The van der Waals surface area contributed by atoms with Gasteiger partial charge >= 0.3 is 6.01 Å². The Kier molecular flexibility index (Phi) is 8.40. The first-order valence-electron chi connectivity index (χ1n) is 14.7. The van der Waals surface area contributed by atoms with Gasteiger partial charge in [-0.2, -0.15) is 20.2 Å². The van der Waals surface area contributed by atoms with E-state index in [0.717, 1.165) is 31.4 Å².